The van der Waals surface area contributed by atoms with Crippen LogP contribution in [0.15, 0.2) is 54.6 Å². The Morgan fingerprint density at radius 2 is 1.57 bits per heavy atom. The normalized spacial score (nSPS) is 13.5. The molecule has 3 nitrogen and oxygen atoms in total. The van der Waals surface area contributed by atoms with E-state index in [0.29, 0.717) is 0 Å². The van der Waals surface area contributed by atoms with E-state index in [0.717, 1.165) is 27.6 Å². The second kappa shape index (κ2) is 5.36. The molecule has 3 aromatic rings. The van der Waals surface area contributed by atoms with Gasteiger partial charge in [0.2, 0.25) is 0 Å². The molecular weight excluding hydrogens is 306 g/mol. The maximum absolute atomic E-state index is 6.53. The van der Waals surface area contributed by atoms with Gasteiger partial charge in [0.1, 0.15) is 6.17 Å². The highest BCUT2D eigenvalue weighted by molar-refractivity contribution is 6.31. The maximum Gasteiger partial charge on any atom is 0.125 e. The van der Waals surface area contributed by atoms with Crippen molar-refractivity contribution in [2.24, 2.45) is 0 Å². The van der Waals surface area contributed by atoms with Gasteiger partial charge in [0.15, 0.2) is 0 Å². The maximum atomic E-state index is 6.53. The minimum Gasteiger partial charge on any atom is -0.378 e. The number of halogens is 1. The number of hydrogen-bond donors (Lipinski definition) is 2. The first kappa shape index (κ1) is 14.2. The van der Waals surface area contributed by atoms with Crippen LogP contribution in [0.1, 0.15) is 11.7 Å². The third-order valence-corrected chi connectivity index (χ3v) is 4.64. The van der Waals surface area contributed by atoms with Crippen molar-refractivity contribution >= 4 is 39.4 Å². The quantitative estimate of drug-likeness (QED) is 0.687. The SMILES string of the molecule is CN(C)c1ccc(C2Nc3cccc4cccc(c34)N2)c(Cl)c1. The Balaban J connectivity index is 1.76. The summed E-state index contributed by atoms with van der Waals surface area (Å²) in [5.74, 6) is 0. The van der Waals surface area contributed by atoms with Crippen LogP contribution in [-0.4, -0.2) is 14.1 Å². The number of rotatable bonds is 2. The van der Waals surface area contributed by atoms with Crippen LogP contribution >= 0.6 is 11.6 Å². The fourth-order valence-electron chi connectivity index (χ4n) is 3.11. The molecule has 0 aromatic heterocycles. The van der Waals surface area contributed by atoms with Crippen LogP contribution < -0.4 is 15.5 Å². The molecule has 0 radical (unpaired) electrons. The van der Waals surface area contributed by atoms with Crippen molar-refractivity contribution in [2.75, 3.05) is 29.6 Å². The highest BCUT2D eigenvalue weighted by Gasteiger charge is 2.22. The Labute approximate surface area is 140 Å². The summed E-state index contributed by atoms with van der Waals surface area (Å²) in [6, 6.07) is 18.8. The number of anilines is 3. The standard InChI is InChI=1S/C19H18ClN3/c1-23(2)13-9-10-14(15(20)11-13)19-21-16-7-3-5-12-6-4-8-17(22-19)18(12)16/h3-11,19,21-22H,1-2H3. The van der Waals surface area contributed by atoms with Gasteiger partial charge in [0.25, 0.3) is 0 Å². The minimum absolute atomic E-state index is 0.0424. The van der Waals surface area contributed by atoms with E-state index >= 15 is 0 Å². The Morgan fingerprint density at radius 3 is 2.13 bits per heavy atom. The van der Waals surface area contributed by atoms with Crippen LogP contribution in [0.5, 0.6) is 0 Å². The zero-order chi connectivity index (χ0) is 16.0. The molecule has 0 saturated heterocycles. The molecule has 1 aliphatic heterocycles. The lowest BCUT2D eigenvalue weighted by Gasteiger charge is -2.30. The van der Waals surface area contributed by atoms with Crippen molar-refractivity contribution in [3.05, 3.63) is 65.2 Å². The topological polar surface area (TPSA) is 27.3 Å². The molecule has 4 rings (SSSR count). The van der Waals surface area contributed by atoms with E-state index < -0.39 is 0 Å². The van der Waals surface area contributed by atoms with E-state index in [1.165, 1.54) is 10.8 Å². The fourth-order valence-corrected chi connectivity index (χ4v) is 3.40. The molecule has 0 aliphatic carbocycles. The second-order valence-corrected chi connectivity index (χ2v) is 6.44. The molecule has 0 saturated carbocycles. The lowest BCUT2D eigenvalue weighted by molar-refractivity contribution is 0.896. The van der Waals surface area contributed by atoms with Crippen LogP contribution in [0.25, 0.3) is 10.8 Å². The van der Waals surface area contributed by atoms with Gasteiger partial charge in [-0.05, 0) is 29.7 Å². The van der Waals surface area contributed by atoms with Gasteiger partial charge in [-0.25, -0.2) is 0 Å². The molecule has 0 bridgehead atoms. The third-order valence-electron chi connectivity index (χ3n) is 4.32. The molecule has 0 amide bonds. The summed E-state index contributed by atoms with van der Waals surface area (Å²) < 4.78 is 0. The first-order valence-electron chi connectivity index (χ1n) is 7.65. The van der Waals surface area contributed by atoms with Crippen molar-refractivity contribution in [2.45, 2.75) is 6.17 Å². The summed E-state index contributed by atoms with van der Waals surface area (Å²) in [7, 11) is 4.03. The highest BCUT2D eigenvalue weighted by Crippen LogP contribution is 2.40. The lowest BCUT2D eigenvalue weighted by Crippen LogP contribution is -2.24. The van der Waals surface area contributed by atoms with E-state index in [-0.39, 0.29) is 6.17 Å². The van der Waals surface area contributed by atoms with E-state index in [1.807, 2.05) is 25.1 Å². The van der Waals surface area contributed by atoms with E-state index in [2.05, 4.69) is 59.2 Å². The van der Waals surface area contributed by atoms with Crippen molar-refractivity contribution in [1.82, 2.24) is 0 Å². The molecule has 23 heavy (non-hydrogen) atoms. The van der Waals surface area contributed by atoms with Gasteiger partial charge in [-0.1, -0.05) is 41.9 Å². The summed E-state index contributed by atoms with van der Waals surface area (Å²) in [4.78, 5) is 2.05. The smallest absolute Gasteiger partial charge is 0.125 e. The number of nitrogens with one attached hydrogen (secondary N) is 2. The fraction of sp³-hybridized carbons (Fsp3) is 0.158. The molecule has 0 unspecified atom stereocenters. The van der Waals surface area contributed by atoms with Crippen LogP contribution in [-0.2, 0) is 0 Å². The predicted octanol–water partition coefficient (Wildman–Crippen LogP) is 5.10. The molecule has 116 valence electrons. The van der Waals surface area contributed by atoms with Crippen molar-refractivity contribution < 1.29 is 0 Å². The van der Waals surface area contributed by atoms with Crippen LogP contribution in [0, 0.1) is 0 Å². The molecule has 1 aliphatic rings. The van der Waals surface area contributed by atoms with Gasteiger partial charge in [0, 0.05) is 47.1 Å². The van der Waals surface area contributed by atoms with Crippen LogP contribution in [0.4, 0.5) is 17.1 Å². The van der Waals surface area contributed by atoms with Gasteiger partial charge in [0.05, 0.1) is 0 Å². The highest BCUT2D eigenvalue weighted by atomic mass is 35.5. The Hall–Kier alpha value is -2.39. The Bertz CT molecular complexity index is 848. The molecule has 0 spiro atoms. The summed E-state index contributed by atoms with van der Waals surface area (Å²) >= 11 is 6.53. The number of nitrogens with zero attached hydrogens (tertiary/aromatic N) is 1. The predicted molar refractivity (Wildman–Crippen MR) is 99.7 cm³/mol. The second-order valence-electron chi connectivity index (χ2n) is 6.03. The van der Waals surface area contributed by atoms with Gasteiger partial charge >= 0.3 is 0 Å². The summed E-state index contributed by atoms with van der Waals surface area (Å²) in [6.45, 7) is 0. The van der Waals surface area contributed by atoms with E-state index in [4.69, 9.17) is 11.6 Å². The monoisotopic (exact) mass is 323 g/mol. The zero-order valence-corrected chi connectivity index (χ0v) is 13.9. The Morgan fingerprint density at radius 1 is 0.913 bits per heavy atom. The third kappa shape index (κ3) is 2.37. The minimum atomic E-state index is -0.0424. The van der Waals surface area contributed by atoms with Crippen molar-refractivity contribution in [3.8, 4) is 0 Å². The zero-order valence-electron chi connectivity index (χ0n) is 13.1. The number of hydrogen-bond acceptors (Lipinski definition) is 3. The largest absolute Gasteiger partial charge is 0.378 e. The van der Waals surface area contributed by atoms with Crippen LogP contribution in [0.3, 0.4) is 0 Å². The van der Waals surface area contributed by atoms with Gasteiger partial charge < -0.3 is 15.5 Å². The molecule has 2 N–H and O–H groups in total. The lowest BCUT2D eigenvalue weighted by atomic mass is 10.0. The van der Waals surface area contributed by atoms with Gasteiger partial charge in [-0.15, -0.1) is 0 Å². The first-order valence-corrected chi connectivity index (χ1v) is 8.03. The average Bonchev–Trinajstić information content (AvgIpc) is 2.55. The van der Waals surface area contributed by atoms with Crippen molar-refractivity contribution in [3.63, 3.8) is 0 Å². The number of benzene rings is 3. The average molecular weight is 324 g/mol. The van der Waals surface area contributed by atoms with Gasteiger partial charge in [-0.3, -0.25) is 0 Å². The molecule has 0 fully saturated rings. The molecule has 3 aromatic carbocycles. The van der Waals surface area contributed by atoms with Crippen molar-refractivity contribution in [1.29, 1.82) is 0 Å². The van der Waals surface area contributed by atoms with E-state index in [9.17, 15) is 0 Å². The Kier molecular flexibility index (Phi) is 3.31. The first-order chi connectivity index (χ1) is 11.1. The van der Waals surface area contributed by atoms with E-state index in [1.54, 1.807) is 0 Å². The van der Waals surface area contributed by atoms with Crippen LogP contribution in [0.2, 0.25) is 5.02 Å². The summed E-state index contributed by atoms with van der Waals surface area (Å²) in [6.07, 6.45) is -0.0424. The summed E-state index contributed by atoms with van der Waals surface area (Å²) in [5.41, 5.74) is 4.41. The molecular formula is C19H18ClN3. The molecule has 4 heteroatoms. The molecule has 0 atom stereocenters. The van der Waals surface area contributed by atoms with Gasteiger partial charge in [-0.2, -0.15) is 0 Å². The summed E-state index contributed by atoms with van der Waals surface area (Å²) in [5, 5.41) is 10.3. The molecule has 1 heterocycles.